The largest absolute Gasteiger partial charge is 0.349 e. The molecular formula is C28H36N4OS. The zero-order chi connectivity index (χ0) is 24.1. The predicted molar refractivity (Wildman–Crippen MR) is 140 cm³/mol. The van der Waals surface area contributed by atoms with Gasteiger partial charge in [-0.15, -0.1) is 10.2 Å². The van der Waals surface area contributed by atoms with Gasteiger partial charge in [0.2, 0.25) is 5.91 Å². The van der Waals surface area contributed by atoms with E-state index in [0.29, 0.717) is 11.8 Å². The molecule has 6 heteroatoms. The molecule has 0 bridgehead atoms. The van der Waals surface area contributed by atoms with Gasteiger partial charge < -0.3 is 5.32 Å². The van der Waals surface area contributed by atoms with Crippen molar-refractivity contribution in [2.75, 3.05) is 5.75 Å². The molecule has 0 spiro atoms. The molecule has 1 unspecified atom stereocenters. The molecular weight excluding hydrogens is 440 g/mol. The molecule has 3 aromatic rings. The van der Waals surface area contributed by atoms with Gasteiger partial charge in [-0.25, -0.2) is 0 Å². The molecule has 1 aliphatic carbocycles. The number of amides is 1. The van der Waals surface area contributed by atoms with Crippen molar-refractivity contribution in [1.82, 2.24) is 20.1 Å². The van der Waals surface area contributed by atoms with Gasteiger partial charge in [0.15, 0.2) is 11.0 Å². The maximum absolute atomic E-state index is 12.7. The number of benzene rings is 2. The van der Waals surface area contributed by atoms with Crippen LogP contribution in [0.15, 0.2) is 59.8 Å². The van der Waals surface area contributed by atoms with Crippen LogP contribution in [0, 0.1) is 0 Å². The van der Waals surface area contributed by atoms with Crippen molar-refractivity contribution in [2.24, 2.45) is 0 Å². The van der Waals surface area contributed by atoms with Gasteiger partial charge in [-0.05, 0) is 36.3 Å². The number of nitrogens with zero attached hydrogens (tertiary/aromatic N) is 3. The van der Waals surface area contributed by atoms with E-state index >= 15 is 0 Å². The third-order valence-electron chi connectivity index (χ3n) is 6.62. The lowest BCUT2D eigenvalue weighted by Crippen LogP contribution is -2.28. The van der Waals surface area contributed by atoms with E-state index in [4.69, 9.17) is 0 Å². The summed E-state index contributed by atoms with van der Waals surface area (Å²) in [6.07, 6.45) is 6.01. The summed E-state index contributed by atoms with van der Waals surface area (Å²) < 4.78 is 2.30. The minimum Gasteiger partial charge on any atom is -0.349 e. The first-order chi connectivity index (χ1) is 16.3. The first-order valence-electron chi connectivity index (χ1n) is 12.4. The fourth-order valence-electron chi connectivity index (χ4n) is 4.60. The highest BCUT2D eigenvalue weighted by molar-refractivity contribution is 7.99. The molecule has 180 valence electrons. The smallest absolute Gasteiger partial charge is 0.230 e. The van der Waals surface area contributed by atoms with Crippen LogP contribution in [0.5, 0.6) is 0 Å². The van der Waals surface area contributed by atoms with Crippen LogP contribution < -0.4 is 5.32 Å². The summed E-state index contributed by atoms with van der Waals surface area (Å²) in [5.41, 5.74) is 3.60. The maximum atomic E-state index is 12.7. The second-order valence-corrected chi connectivity index (χ2v) is 11.2. The standard InChI is InChI=1S/C28H36N4OS/c1-20(21-11-7-5-8-12-21)29-25(33)19-34-27-31-30-26(32(27)24-13-9-6-10-14-24)22-15-17-23(18-16-22)28(2,3)4/h5,7-8,11-12,15-18,20,24H,6,9-10,13-14,19H2,1-4H3,(H,29,33). The van der Waals surface area contributed by atoms with Gasteiger partial charge in [-0.1, -0.05) is 106 Å². The van der Waals surface area contributed by atoms with Crippen molar-refractivity contribution in [3.8, 4) is 11.4 Å². The summed E-state index contributed by atoms with van der Waals surface area (Å²) in [6.45, 7) is 8.70. The molecule has 0 saturated heterocycles. The van der Waals surface area contributed by atoms with Crippen molar-refractivity contribution < 1.29 is 4.79 Å². The first-order valence-corrected chi connectivity index (χ1v) is 13.3. The van der Waals surface area contributed by atoms with E-state index in [9.17, 15) is 4.79 Å². The van der Waals surface area contributed by atoms with Gasteiger partial charge in [-0.3, -0.25) is 9.36 Å². The third kappa shape index (κ3) is 5.90. The number of carbonyl (C=O) groups excluding carboxylic acids is 1. The number of nitrogens with one attached hydrogen (secondary N) is 1. The zero-order valence-electron chi connectivity index (χ0n) is 20.8. The van der Waals surface area contributed by atoms with Gasteiger partial charge in [0.25, 0.3) is 0 Å². The van der Waals surface area contributed by atoms with Crippen LogP contribution in [-0.4, -0.2) is 26.4 Å². The SMILES string of the molecule is CC(NC(=O)CSc1nnc(-c2ccc(C(C)(C)C)cc2)n1C1CCCCC1)c1ccccc1. The van der Waals surface area contributed by atoms with Crippen LogP contribution >= 0.6 is 11.8 Å². The third-order valence-corrected chi connectivity index (χ3v) is 7.57. The van der Waals surface area contributed by atoms with Crippen molar-refractivity contribution >= 4 is 17.7 Å². The molecule has 1 aliphatic rings. The first kappa shape index (κ1) is 24.5. The molecule has 2 aromatic carbocycles. The molecule has 1 heterocycles. The van der Waals surface area contributed by atoms with Crippen molar-refractivity contribution in [3.05, 3.63) is 65.7 Å². The van der Waals surface area contributed by atoms with E-state index < -0.39 is 0 Å². The number of carbonyl (C=O) groups is 1. The lowest BCUT2D eigenvalue weighted by molar-refractivity contribution is -0.119. The molecule has 4 rings (SSSR count). The monoisotopic (exact) mass is 476 g/mol. The van der Waals surface area contributed by atoms with Crippen molar-refractivity contribution in [3.63, 3.8) is 0 Å². The minimum atomic E-state index is -0.0255. The summed E-state index contributed by atoms with van der Waals surface area (Å²) in [5.74, 6) is 1.24. The van der Waals surface area contributed by atoms with E-state index in [1.807, 2.05) is 37.3 Å². The van der Waals surface area contributed by atoms with Gasteiger partial charge in [0.1, 0.15) is 0 Å². The number of hydrogen-bond donors (Lipinski definition) is 1. The van der Waals surface area contributed by atoms with Gasteiger partial charge in [0, 0.05) is 11.6 Å². The Hall–Kier alpha value is -2.60. The molecule has 1 aromatic heterocycles. The topological polar surface area (TPSA) is 59.8 Å². The Labute approximate surface area is 207 Å². The van der Waals surface area contributed by atoms with E-state index in [1.165, 1.54) is 36.6 Å². The molecule has 0 aliphatic heterocycles. The second kappa shape index (κ2) is 10.8. The zero-order valence-corrected chi connectivity index (χ0v) is 21.6. The Morgan fingerprint density at radius 3 is 2.35 bits per heavy atom. The summed E-state index contributed by atoms with van der Waals surface area (Å²) in [7, 11) is 0. The lowest BCUT2D eigenvalue weighted by Gasteiger charge is -2.26. The highest BCUT2D eigenvalue weighted by Crippen LogP contribution is 2.36. The molecule has 1 atom stereocenters. The Morgan fingerprint density at radius 2 is 1.71 bits per heavy atom. The molecule has 34 heavy (non-hydrogen) atoms. The predicted octanol–water partition coefficient (Wildman–Crippen LogP) is 6.72. The van der Waals surface area contributed by atoms with Gasteiger partial charge in [0.05, 0.1) is 11.8 Å². The average Bonchev–Trinajstić information content (AvgIpc) is 3.27. The Bertz CT molecular complexity index is 1080. The van der Waals surface area contributed by atoms with Crippen LogP contribution in [0.25, 0.3) is 11.4 Å². The van der Waals surface area contributed by atoms with Crippen LogP contribution in [-0.2, 0) is 10.2 Å². The van der Waals surface area contributed by atoms with Gasteiger partial charge >= 0.3 is 0 Å². The fraction of sp³-hybridized carbons (Fsp3) is 0.464. The molecule has 1 N–H and O–H groups in total. The van der Waals surface area contributed by atoms with Gasteiger partial charge in [-0.2, -0.15) is 0 Å². The van der Waals surface area contributed by atoms with E-state index in [-0.39, 0.29) is 17.4 Å². The summed E-state index contributed by atoms with van der Waals surface area (Å²) in [6, 6.07) is 19.1. The molecule has 5 nitrogen and oxygen atoms in total. The second-order valence-electron chi connectivity index (χ2n) is 10.3. The summed E-state index contributed by atoms with van der Waals surface area (Å²) in [5, 5.41) is 13.1. The number of aromatic nitrogens is 3. The van der Waals surface area contributed by atoms with Crippen LogP contribution in [0.4, 0.5) is 0 Å². The Balaban J connectivity index is 1.52. The highest BCUT2D eigenvalue weighted by atomic mass is 32.2. The van der Waals surface area contributed by atoms with E-state index in [1.54, 1.807) is 0 Å². The van der Waals surface area contributed by atoms with E-state index in [2.05, 4.69) is 65.1 Å². The fourth-order valence-corrected chi connectivity index (χ4v) is 5.41. The van der Waals surface area contributed by atoms with Crippen LogP contribution in [0.1, 0.15) is 83.0 Å². The van der Waals surface area contributed by atoms with Crippen molar-refractivity contribution in [2.45, 2.75) is 82.5 Å². The van der Waals surface area contributed by atoms with Crippen LogP contribution in [0.3, 0.4) is 0 Å². The van der Waals surface area contributed by atoms with Crippen molar-refractivity contribution in [1.29, 1.82) is 0 Å². The maximum Gasteiger partial charge on any atom is 0.230 e. The summed E-state index contributed by atoms with van der Waals surface area (Å²) in [4.78, 5) is 12.7. The normalized spacial score (nSPS) is 15.8. The minimum absolute atomic E-state index is 0.00984. The number of rotatable bonds is 7. The quantitative estimate of drug-likeness (QED) is 0.385. The highest BCUT2D eigenvalue weighted by Gasteiger charge is 2.25. The number of thioether (sulfide) groups is 1. The molecule has 1 fully saturated rings. The Kier molecular flexibility index (Phi) is 7.77. The molecule has 1 saturated carbocycles. The molecule has 0 radical (unpaired) electrons. The molecule has 1 amide bonds. The summed E-state index contributed by atoms with van der Waals surface area (Å²) >= 11 is 1.49. The Morgan fingerprint density at radius 1 is 1.03 bits per heavy atom. The van der Waals surface area contributed by atoms with Crippen LogP contribution in [0.2, 0.25) is 0 Å². The average molecular weight is 477 g/mol. The lowest BCUT2D eigenvalue weighted by atomic mass is 9.86. The van der Waals surface area contributed by atoms with E-state index in [0.717, 1.165) is 34.9 Å². The number of hydrogen-bond acceptors (Lipinski definition) is 4.